The highest BCUT2D eigenvalue weighted by Crippen LogP contribution is 2.31. The number of rotatable bonds is 3. The van der Waals surface area contributed by atoms with Crippen molar-refractivity contribution in [3.63, 3.8) is 0 Å². The zero-order chi connectivity index (χ0) is 18.1. The normalized spacial score (nSPS) is 18.8. The predicted molar refractivity (Wildman–Crippen MR) is 93.6 cm³/mol. The fourth-order valence-corrected chi connectivity index (χ4v) is 3.63. The van der Waals surface area contributed by atoms with E-state index < -0.39 is 11.8 Å². The molecule has 0 bridgehead atoms. The number of nitrogens with one attached hydrogen (secondary N) is 1. The molecule has 0 saturated carbocycles. The van der Waals surface area contributed by atoms with E-state index in [0.717, 1.165) is 23.1 Å². The number of urea groups is 1. The van der Waals surface area contributed by atoms with E-state index in [9.17, 15) is 9.59 Å². The van der Waals surface area contributed by atoms with Crippen LogP contribution in [0.5, 0.6) is 0 Å². The zero-order valence-electron chi connectivity index (χ0n) is 14.7. The summed E-state index contributed by atoms with van der Waals surface area (Å²) in [5.74, 6) is 0. The van der Waals surface area contributed by atoms with E-state index in [4.69, 9.17) is 9.47 Å². The highest BCUT2D eigenvalue weighted by Gasteiger charge is 2.45. The molecule has 1 N–H and O–H groups in total. The minimum atomic E-state index is -0.610. The van der Waals surface area contributed by atoms with Gasteiger partial charge < -0.3 is 19.7 Å². The summed E-state index contributed by atoms with van der Waals surface area (Å²) in [6.07, 6.45) is 0.584. The van der Waals surface area contributed by atoms with Gasteiger partial charge in [0.25, 0.3) is 0 Å². The van der Waals surface area contributed by atoms with Gasteiger partial charge in [-0.25, -0.2) is 9.59 Å². The molecule has 0 atom stereocenters. The molecular weight excluding hydrogens is 336 g/mol. The first-order chi connectivity index (χ1) is 12.6. The van der Waals surface area contributed by atoms with Crippen molar-refractivity contribution in [1.82, 2.24) is 20.0 Å². The Kier molecular flexibility index (Phi) is 4.18. The number of likely N-dealkylation sites (tertiary alicyclic amines) is 1. The number of ether oxygens (including phenoxy) is 2. The quantitative estimate of drug-likeness (QED) is 0.851. The lowest BCUT2D eigenvalue weighted by Crippen LogP contribution is -2.50. The van der Waals surface area contributed by atoms with Crippen molar-refractivity contribution >= 4 is 23.1 Å². The minimum Gasteiger partial charge on any atom is -0.430 e. The number of aromatic nitrogens is 2. The Morgan fingerprint density at radius 3 is 2.77 bits per heavy atom. The molecular formula is C18H22N4O4. The fraction of sp³-hybridized carbons (Fsp3) is 0.500. The second kappa shape index (κ2) is 6.51. The van der Waals surface area contributed by atoms with E-state index in [1.165, 1.54) is 0 Å². The predicted octanol–water partition coefficient (Wildman–Crippen LogP) is 2.27. The topological polar surface area (TPSA) is 85.7 Å². The van der Waals surface area contributed by atoms with Gasteiger partial charge in [-0.05, 0) is 13.0 Å². The molecule has 2 aliphatic heterocycles. The number of amides is 2. The number of carbonyl (C=O) groups is 2. The molecule has 2 aromatic rings. The lowest BCUT2D eigenvalue weighted by molar-refractivity contribution is 0.00933. The summed E-state index contributed by atoms with van der Waals surface area (Å²) < 4.78 is 12.1. The summed E-state index contributed by atoms with van der Waals surface area (Å²) in [6, 6.07) is 7.90. The van der Waals surface area contributed by atoms with Gasteiger partial charge in [0.05, 0.1) is 17.8 Å². The number of nitrogens with zero attached hydrogens (tertiary/aromatic N) is 3. The number of piperidine rings is 1. The maximum atomic E-state index is 12.5. The summed E-state index contributed by atoms with van der Waals surface area (Å²) in [6.45, 7) is 4.56. The largest absolute Gasteiger partial charge is 0.509 e. The second-order valence-electron chi connectivity index (χ2n) is 6.75. The molecule has 2 fully saturated rings. The number of aryl methyl sites for hydroxylation is 1. The van der Waals surface area contributed by atoms with Crippen molar-refractivity contribution in [2.45, 2.75) is 38.5 Å². The average molecular weight is 358 g/mol. The Labute approximate surface area is 151 Å². The minimum absolute atomic E-state index is 0.125. The highest BCUT2D eigenvalue weighted by molar-refractivity contribution is 5.82. The number of carbonyl (C=O) groups excluding carboxylic acids is 2. The third-order valence-electron chi connectivity index (χ3n) is 5.16. The van der Waals surface area contributed by atoms with E-state index >= 15 is 0 Å². The first kappa shape index (κ1) is 16.7. The van der Waals surface area contributed by atoms with Gasteiger partial charge in [-0.1, -0.05) is 18.2 Å². The Morgan fingerprint density at radius 2 is 2.08 bits per heavy atom. The number of cyclic esters (lactones) is 1. The summed E-state index contributed by atoms with van der Waals surface area (Å²) in [5.41, 5.74) is 1.38. The van der Waals surface area contributed by atoms with Gasteiger partial charge in [-0.15, -0.1) is 0 Å². The van der Waals surface area contributed by atoms with Crippen LogP contribution in [-0.4, -0.2) is 52.2 Å². The van der Waals surface area contributed by atoms with Crippen LogP contribution < -0.4 is 5.32 Å². The van der Waals surface area contributed by atoms with E-state index in [0.29, 0.717) is 32.5 Å². The first-order valence-corrected chi connectivity index (χ1v) is 8.93. The van der Waals surface area contributed by atoms with Crippen LogP contribution in [0.1, 0.15) is 25.5 Å². The van der Waals surface area contributed by atoms with Crippen molar-refractivity contribution in [1.29, 1.82) is 0 Å². The van der Waals surface area contributed by atoms with Gasteiger partial charge in [0.1, 0.15) is 6.61 Å². The molecule has 0 radical (unpaired) electrons. The van der Waals surface area contributed by atoms with Crippen LogP contribution in [0.4, 0.5) is 9.59 Å². The average Bonchev–Trinajstić information content (AvgIpc) is 3.21. The maximum Gasteiger partial charge on any atom is 0.509 e. The van der Waals surface area contributed by atoms with E-state index in [-0.39, 0.29) is 12.6 Å². The van der Waals surface area contributed by atoms with E-state index in [1.54, 1.807) is 4.90 Å². The molecule has 0 aliphatic carbocycles. The maximum absolute atomic E-state index is 12.5. The van der Waals surface area contributed by atoms with Gasteiger partial charge in [0.15, 0.2) is 5.60 Å². The molecule has 2 amide bonds. The summed E-state index contributed by atoms with van der Waals surface area (Å²) in [5, 5.41) is 8.62. The van der Waals surface area contributed by atoms with Crippen molar-refractivity contribution in [2.24, 2.45) is 0 Å². The standard InChI is InChI=1S/C18H22N4O4/c1-2-22-15-6-4-3-5-13(15)14(20-22)11-19-16(23)21-9-7-18(8-10-21)12-25-17(24)26-18/h3-6H,2,7-12H2,1H3,(H,19,23). The first-order valence-electron chi connectivity index (χ1n) is 8.93. The third kappa shape index (κ3) is 2.95. The number of para-hydroxylation sites is 1. The van der Waals surface area contributed by atoms with Crippen molar-refractivity contribution < 1.29 is 19.1 Å². The Hall–Kier alpha value is -2.77. The fourth-order valence-electron chi connectivity index (χ4n) is 3.63. The molecule has 2 aliphatic rings. The SMILES string of the molecule is CCn1nc(CNC(=O)N2CCC3(CC2)COC(=O)O3)c2ccccc21. The van der Waals surface area contributed by atoms with E-state index in [2.05, 4.69) is 10.4 Å². The van der Waals surface area contributed by atoms with Crippen LogP contribution in [0.25, 0.3) is 10.9 Å². The molecule has 1 aromatic carbocycles. The molecule has 138 valence electrons. The Morgan fingerprint density at radius 1 is 1.31 bits per heavy atom. The van der Waals surface area contributed by atoms with Crippen molar-refractivity contribution in [3.8, 4) is 0 Å². The molecule has 8 heteroatoms. The van der Waals surface area contributed by atoms with Crippen LogP contribution in [0.3, 0.4) is 0 Å². The Bertz CT molecular complexity index is 839. The van der Waals surface area contributed by atoms with Gasteiger partial charge in [0, 0.05) is 37.9 Å². The summed E-state index contributed by atoms with van der Waals surface area (Å²) >= 11 is 0. The van der Waals surface area contributed by atoms with Crippen molar-refractivity contribution in [3.05, 3.63) is 30.0 Å². The van der Waals surface area contributed by atoms with Crippen LogP contribution in [-0.2, 0) is 22.6 Å². The molecule has 26 heavy (non-hydrogen) atoms. The van der Waals surface area contributed by atoms with Gasteiger partial charge in [-0.3, -0.25) is 4.68 Å². The van der Waals surface area contributed by atoms with E-state index in [1.807, 2.05) is 35.9 Å². The molecule has 2 saturated heterocycles. The Balaban J connectivity index is 1.37. The highest BCUT2D eigenvalue weighted by atomic mass is 16.8. The second-order valence-corrected chi connectivity index (χ2v) is 6.75. The number of hydrogen-bond donors (Lipinski definition) is 1. The molecule has 3 heterocycles. The molecule has 4 rings (SSSR count). The number of benzene rings is 1. The van der Waals surface area contributed by atoms with Crippen LogP contribution in [0.15, 0.2) is 24.3 Å². The van der Waals surface area contributed by atoms with Gasteiger partial charge >= 0.3 is 12.2 Å². The number of fused-ring (bicyclic) bond motifs is 1. The zero-order valence-corrected chi connectivity index (χ0v) is 14.7. The monoisotopic (exact) mass is 358 g/mol. The smallest absolute Gasteiger partial charge is 0.430 e. The lowest BCUT2D eigenvalue weighted by atomic mass is 9.92. The molecule has 1 aromatic heterocycles. The summed E-state index contributed by atoms with van der Waals surface area (Å²) in [7, 11) is 0. The molecule has 1 spiro atoms. The van der Waals surface area contributed by atoms with Crippen LogP contribution in [0.2, 0.25) is 0 Å². The van der Waals surface area contributed by atoms with Crippen LogP contribution in [0, 0.1) is 0 Å². The van der Waals surface area contributed by atoms with Gasteiger partial charge in [0.2, 0.25) is 0 Å². The third-order valence-corrected chi connectivity index (χ3v) is 5.16. The van der Waals surface area contributed by atoms with Gasteiger partial charge in [-0.2, -0.15) is 5.10 Å². The summed E-state index contributed by atoms with van der Waals surface area (Å²) in [4.78, 5) is 25.4. The van der Waals surface area contributed by atoms with Crippen molar-refractivity contribution in [2.75, 3.05) is 19.7 Å². The molecule has 0 unspecified atom stereocenters. The van der Waals surface area contributed by atoms with Crippen LogP contribution >= 0.6 is 0 Å². The molecule has 8 nitrogen and oxygen atoms in total. The lowest BCUT2D eigenvalue weighted by Gasteiger charge is -2.36. The number of hydrogen-bond acceptors (Lipinski definition) is 5.